The minimum atomic E-state index is 0.518. The van der Waals surface area contributed by atoms with Crippen LogP contribution in [0, 0.1) is 5.92 Å². The Hall–Kier alpha value is -0.720. The molecule has 1 heterocycles. The fourth-order valence-corrected chi connectivity index (χ4v) is 1.18. The fourth-order valence-electron chi connectivity index (χ4n) is 1.18. The van der Waals surface area contributed by atoms with Crippen LogP contribution in [0.4, 0.5) is 0 Å². The summed E-state index contributed by atoms with van der Waals surface area (Å²) in [4.78, 5) is 0. The summed E-state index contributed by atoms with van der Waals surface area (Å²) in [7, 11) is 0. The van der Waals surface area contributed by atoms with Crippen LogP contribution in [0.25, 0.3) is 0 Å². The van der Waals surface area contributed by atoms with Gasteiger partial charge in [-0.1, -0.05) is 19.9 Å². The topological polar surface area (TPSA) is 9.23 Å². The molecular formula is C9H14O. The summed E-state index contributed by atoms with van der Waals surface area (Å²) in [6.45, 7) is 7.13. The summed E-state index contributed by atoms with van der Waals surface area (Å²) in [6, 6.07) is 0. The van der Waals surface area contributed by atoms with Crippen molar-refractivity contribution < 1.29 is 4.74 Å². The molecule has 0 fully saturated rings. The molecular weight excluding hydrogens is 124 g/mol. The average molecular weight is 138 g/mol. The van der Waals surface area contributed by atoms with Crippen molar-refractivity contribution in [3.05, 3.63) is 23.5 Å². The molecule has 56 valence electrons. The first-order valence-electron chi connectivity index (χ1n) is 3.72. The highest BCUT2D eigenvalue weighted by molar-refractivity contribution is 5.23. The van der Waals surface area contributed by atoms with Crippen LogP contribution in [-0.4, -0.2) is 6.61 Å². The van der Waals surface area contributed by atoms with Gasteiger partial charge in [-0.3, -0.25) is 0 Å². The number of hydrogen-bond donors (Lipinski definition) is 0. The van der Waals surface area contributed by atoms with Crippen molar-refractivity contribution in [3.8, 4) is 0 Å². The molecule has 1 rings (SSSR count). The van der Waals surface area contributed by atoms with Crippen LogP contribution in [0.5, 0.6) is 0 Å². The lowest BCUT2D eigenvalue weighted by Crippen LogP contribution is -2.05. The zero-order chi connectivity index (χ0) is 7.56. The molecule has 0 aromatic carbocycles. The molecule has 0 saturated carbocycles. The first-order chi connectivity index (χ1) is 4.72. The van der Waals surface area contributed by atoms with Crippen molar-refractivity contribution in [2.75, 3.05) is 6.61 Å². The van der Waals surface area contributed by atoms with Gasteiger partial charge in [-0.25, -0.2) is 0 Å². The van der Waals surface area contributed by atoms with E-state index in [1.165, 1.54) is 5.57 Å². The van der Waals surface area contributed by atoms with E-state index < -0.39 is 0 Å². The zero-order valence-corrected chi connectivity index (χ0v) is 6.85. The van der Waals surface area contributed by atoms with E-state index >= 15 is 0 Å². The lowest BCUT2D eigenvalue weighted by atomic mass is 10.1. The third-order valence-electron chi connectivity index (χ3n) is 1.62. The lowest BCUT2D eigenvalue weighted by Gasteiger charge is -2.17. The van der Waals surface area contributed by atoms with Gasteiger partial charge in [0.15, 0.2) is 0 Å². The predicted molar refractivity (Wildman–Crippen MR) is 42.6 cm³/mol. The minimum Gasteiger partial charge on any atom is -0.493 e. The number of allylic oxidation sites excluding steroid dienone is 3. The fraction of sp³-hybridized carbons (Fsp3) is 0.556. The van der Waals surface area contributed by atoms with E-state index in [-0.39, 0.29) is 0 Å². The maximum Gasteiger partial charge on any atom is 0.106 e. The van der Waals surface area contributed by atoms with Gasteiger partial charge in [0.05, 0.1) is 0 Å². The van der Waals surface area contributed by atoms with Gasteiger partial charge in [0.1, 0.15) is 12.4 Å². The van der Waals surface area contributed by atoms with Crippen LogP contribution in [-0.2, 0) is 4.74 Å². The largest absolute Gasteiger partial charge is 0.493 e. The smallest absolute Gasteiger partial charge is 0.106 e. The van der Waals surface area contributed by atoms with Crippen LogP contribution in [0.2, 0.25) is 0 Å². The molecule has 1 aliphatic rings. The molecule has 0 N–H and O–H groups in total. The van der Waals surface area contributed by atoms with Gasteiger partial charge in [0.25, 0.3) is 0 Å². The third kappa shape index (κ3) is 1.41. The summed E-state index contributed by atoms with van der Waals surface area (Å²) >= 11 is 0. The molecule has 0 unspecified atom stereocenters. The number of hydrogen-bond acceptors (Lipinski definition) is 1. The van der Waals surface area contributed by atoms with Gasteiger partial charge in [-0.15, -0.1) is 0 Å². The Morgan fingerprint density at radius 1 is 1.50 bits per heavy atom. The lowest BCUT2D eigenvalue weighted by molar-refractivity contribution is 0.208. The Bertz CT molecular complexity index is 175. The second-order valence-corrected chi connectivity index (χ2v) is 2.92. The molecule has 0 atom stereocenters. The Morgan fingerprint density at radius 2 is 2.20 bits per heavy atom. The molecule has 0 aromatic heterocycles. The van der Waals surface area contributed by atoms with Crippen LogP contribution in [0.3, 0.4) is 0 Å². The van der Waals surface area contributed by atoms with Crippen LogP contribution in [0.1, 0.15) is 20.8 Å². The molecule has 0 radical (unpaired) electrons. The highest BCUT2D eigenvalue weighted by Crippen LogP contribution is 2.19. The molecule has 0 amide bonds. The normalized spacial score (nSPS) is 18.0. The second-order valence-electron chi connectivity index (χ2n) is 2.92. The van der Waals surface area contributed by atoms with E-state index in [1.807, 2.05) is 6.08 Å². The molecule has 0 aromatic rings. The van der Waals surface area contributed by atoms with Crippen LogP contribution in [0.15, 0.2) is 23.5 Å². The quantitative estimate of drug-likeness (QED) is 0.541. The van der Waals surface area contributed by atoms with Crippen molar-refractivity contribution >= 4 is 0 Å². The van der Waals surface area contributed by atoms with Gasteiger partial charge >= 0.3 is 0 Å². The summed E-state index contributed by atoms with van der Waals surface area (Å²) in [6.07, 6.45) is 4.17. The summed E-state index contributed by atoms with van der Waals surface area (Å²) in [5, 5.41) is 0. The summed E-state index contributed by atoms with van der Waals surface area (Å²) in [5.41, 5.74) is 1.27. The van der Waals surface area contributed by atoms with Crippen molar-refractivity contribution in [1.29, 1.82) is 0 Å². The molecule has 0 spiro atoms. The van der Waals surface area contributed by atoms with Gasteiger partial charge in [0, 0.05) is 5.92 Å². The molecule has 0 bridgehead atoms. The second kappa shape index (κ2) is 2.91. The van der Waals surface area contributed by atoms with Gasteiger partial charge in [0.2, 0.25) is 0 Å². The van der Waals surface area contributed by atoms with E-state index in [0.717, 1.165) is 12.4 Å². The standard InChI is InChI=1S/C9H14O/c1-7(2)9-8(3)5-4-6-10-9/h4-5,7H,6H2,1-3H3. The van der Waals surface area contributed by atoms with Crippen molar-refractivity contribution in [2.24, 2.45) is 5.92 Å². The third-order valence-corrected chi connectivity index (χ3v) is 1.62. The van der Waals surface area contributed by atoms with Gasteiger partial charge in [-0.2, -0.15) is 0 Å². The molecule has 1 aliphatic heterocycles. The van der Waals surface area contributed by atoms with Crippen molar-refractivity contribution in [3.63, 3.8) is 0 Å². The first-order valence-corrected chi connectivity index (χ1v) is 3.72. The minimum absolute atomic E-state index is 0.518. The molecule has 0 aliphatic carbocycles. The monoisotopic (exact) mass is 138 g/mol. The van der Waals surface area contributed by atoms with Gasteiger partial charge < -0.3 is 4.74 Å². The zero-order valence-electron chi connectivity index (χ0n) is 6.85. The average Bonchev–Trinajstić information content (AvgIpc) is 1.88. The predicted octanol–water partition coefficient (Wildman–Crippen LogP) is 2.50. The molecule has 0 saturated heterocycles. The Labute approximate surface area is 62.4 Å². The van der Waals surface area contributed by atoms with Crippen molar-refractivity contribution in [1.82, 2.24) is 0 Å². The first kappa shape index (κ1) is 7.39. The highest BCUT2D eigenvalue weighted by atomic mass is 16.5. The number of ether oxygens (including phenoxy) is 1. The maximum atomic E-state index is 5.44. The Balaban J connectivity index is 2.79. The van der Waals surface area contributed by atoms with Crippen molar-refractivity contribution in [2.45, 2.75) is 20.8 Å². The molecule has 1 heteroatoms. The molecule has 1 nitrogen and oxygen atoms in total. The summed E-state index contributed by atoms with van der Waals surface area (Å²) < 4.78 is 5.44. The number of rotatable bonds is 1. The summed E-state index contributed by atoms with van der Waals surface area (Å²) in [5.74, 6) is 1.66. The van der Waals surface area contributed by atoms with E-state index in [1.54, 1.807) is 0 Å². The molecule has 10 heavy (non-hydrogen) atoms. The van der Waals surface area contributed by atoms with Crippen LogP contribution < -0.4 is 0 Å². The van der Waals surface area contributed by atoms with E-state index in [0.29, 0.717) is 5.92 Å². The Morgan fingerprint density at radius 3 is 2.60 bits per heavy atom. The van der Waals surface area contributed by atoms with E-state index in [4.69, 9.17) is 4.74 Å². The van der Waals surface area contributed by atoms with E-state index in [9.17, 15) is 0 Å². The highest BCUT2D eigenvalue weighted by Gasteiger charge is 2.08. The van der Waals surface area contributed by atoms with E-state index in [2.05, 4.69) is 26.8 Å². The SMILES string of the molecule is CC1=C(C(C)C)OCC=C1. The Kier molecular flexibility index (Phi) is 2.15. The van der Waals surface area contributed by atoms with Crippen LogP contribution >= 0.6 is 0 Å². The maximum absolute atomic E-state index is 5.44. The van der Waals surface area contributed by atoms with Gasteiger partial charge in [-0.05, 0) is 18.6 Å².